The van der Waals surface area contributed by atoms with Gasteiger partial charge < -0.3 is 20.5 Å². The van der Waals surface area contributed by atoms with E-state index in [0.717, 1.165) is 60.8 Å². The van der Waals surface area contributed by atoms with Crippen molar-refractivity contribution in [1.82, 2.24) is 14.8 Å². The van der Waals surface area contributed by atoms with Crippen molar-refractivity contribution in [3.8, 4) is 11.1 Å². The standard InChI is InChI=1S/C32H38ClN5O3/c33-24-11-12-26-25(20-24)27(22-8-3-1-4-9-22)28(29(39)35-26)37-15-7-10-23(21-37)30(40)36-18-13-32(14-19-36,31(34)41)38-16-5-2-6-17-38/h1,3-4,8-9,11-12,20,23H,2,5-7,10,13-19,21H2,(H2,34,41)(H,35,39). The van der Waals surface area contributed by atoms with Crippen molar-refractivity contribution in [2.24, 2.45) is 11.7 Å². The Morgan fingerprint density at radius 3 is 2.37 bits per heavy atom. The molecule has 1 unspecified atom stereocenters. The van der Waals surface area contributed by atoms with E-state index < -0.39 is 5.54 Å². The number of aromatic amines is 1. The highest BCUT2D eigenvalue weighted by atomic mass is 35.5. The lowest BCUT2D eigenvalue weighted by Crippen LogP contribution is -2.64. The predicted molar refractivity (Wildman–Crippen MR) is 163 cm³/mol. The molecule has 216 valence electrons. The van der Waals surface area contributed by atoms with Crippen LogP contribution in [0.3, 0.4) is 0 Å². The lowest BCUT2D eigenvalue weighted by atomic mass is 9.82. The van der Waals surface area contributed by atoms with Crippen LogP contribution in [0.25, 0.3) is 22.0 Å². The lowest BCUT2D eigenvalue weighted by Gasteiger charge is -2.48. The molecule has 3 aliphatic rings. The van der Waals surface area contributed by atoms with Gasteiger partial charge in [0.1, 0.15) is 11.2 Å². The number of H-pyrrole nitrogens is 1. The summed E-state index contributed by atoms with van der Waals surface area (Å²) in [5.41, 5.74) is 8.24. The number of anilines is 1. The number of likely N-dealkylation sites (tertiary alicyclic amines) is 2. The van der Waals surface area contributed by atoms with Crippen LogP contribution in [-0.2, 0) is 9.59 Å². The Hall–Kier alpha value is -3.36. The summed E-state index contributed by atoms with van der Waals surface area (Å²) in [7, 11) is 0. The average molecular weight is 576 g/mol. The monoisotopic (exact) mass is 575 g/mol. The zero-order valence-electron chi connectivity index (χ0n) is 23.4. The number of fused-ring (bicyclic) bond motifs is 1. The number of pyridine rings is 1. The highest BCUT2D eigenvalue weighted by Crippen LogP contribution is 2.38. The van der Waals surface area contributed by atoms with E-state index in [4.69, 9.17) is 17.3 Å². The van der Waals surface area contributed by atoms with Crippen LogP contribution in [0, 0.1) is 5.92 Å². The number of hydrogen-bond acceptors (Lipinski definition) is 5. The molecule has 41 heavy (non-hydrogen) atoms. The van der Waals surface area contributed by atoms with E-state index in [9.17, 15) is 14.4 Å². The second-order valence-electron chi connectivity index (χ2n) is 11.8. The summed E-state index contributed by atoms with van der Waals surface area (Å²) in [6, 6.07) is 15.4. The number of amides is 2. The molecule has 0 bridgehead atoms. The number of primary amides is 1. The van der Waals surface area contributed by atoms with Crippen molar-refractivity contribution >= 4 is 40.0 Å². The molecular weight excluding hydrogens is 538 g/mol. The number of carbonyl (C=O) groups excluding carboxylic acids is 2. The topological polar surface area (TPSA) is 103 Å². The summed E-state index contributed by atoms with van der Waals surface area (Å²) >= 11 is 6.41. The Balaban J connectivity index is 1.26. The molecule has 1 aromatic heterocycles. The minimum atomic E-state index is -0.653. The molecule has 0 aliphatic carbocycles. The van der Waals surface area contributed by atoms with E-state index in [1.165, 1.54) is 6.42 Å². The molecule has 2 amide bonds. The van der Waals surface area contributed by atoms with E-state index in [-0.39, 0.29) is 23.3 Å². The Bertz CT molecular complexity index is 1490. The molecule has 8 nitrogen and oxygen atoms in total. The van der Waals surface area contributed by atoms with Crippen molar-refractivity contribution in [2.75, 3.05) is 44.2 Å². The maximum atomic E-state index is 13.9. The van der Waals surface area contributed by atoms with Gasteiger partial charge in [-0.2, -0.15) is 0 Å². The molecule has 0 radical (unpaired) electrons. The molecule has 9 heteroatoms. The van der Waals surface area contributed by atoms with Crippen LogP contribution in [0.2, 0.25) is 5.02 Å². The SMILES string of the molecule is NC(=O)C1(N2CCCCC2)CCN(C(=O)C2CCCN(c3c(-c4ccccc4)c4cc(Cl)ccc4[nH]c3=O)C2)CC1. The van der Waals surface area contributed by atoms with Crippen LogP contribution < -0.4 is 16.2 Å². The smallest absolute Gasteiger partial charge is 0.272 e. The highest BCUT2D eigenvalue weighted by Gasteiger charge is 2.46. The van der Waals surface area contributed by atoms with Gasteiger partial charge in [0.2, 0.25) is 11.8 Å². The van der Waals surface area contributed by atoms with Gasteiger partial charge in [-0.05, 0) is 75.4 Å². The first-order chi connectivity index (χ1) is 19.9. The second kappa shape index (κ2) is 11.5. The number of benzene rings is 2. The number of nitrogens with one attached hydrogen (secondary N) is 1. The summed E-state index contributed by atoms with van der Waals surface area (Å²) in [4.78, 5) is 49.5. The number of nitrogens with zero attached hydrogens (tertiary/aromatic N) is 3. The maximum Gasteiger partial charge on any atom is 0.272 e. The Morgan fingerprint density at radius 2 is 1.66 bits per heavy atom. The molecule has 3 saturated heterocycles. The number of hydrogen-bond donors (Lipinski definition) is 2. The largest absolute Gasteiger partial charge is 0.368 e. The Kier molecular flexibility index (Phi) is 7.79. The van der Waals surface area contributed by atoms with Gasteiger partial charge in [-0.15, -0.1) is 0 Å². The van der Waals surface area contributed by atoms with Gasteiger partial charge in [0, 0.05) is 47.7 Å². The number of halogens is 1. The number of nitrogens with two attached hydrogens (primary N) is 1. The van der Waals surface area contributed by atoms with E-state index in [1.54, 1.807) is 6.07 Å². The molecule has 6 rings (SSSR count). The molecule has 3 aromatic rings. The van der Waals surface area contributed by atoms with Crippen LogP contribution in [0.15, 0.2) is 53.3 Å². The fourth-order valence-electron chi connectivity index (χ4n) is 7.23. The molecule has 3 fully saturated rings. The molecule has 0 spiro atoms. The molecule has 0 saturated carbocycles. The van der Waals surface area contributed by atoms with Gasteiger partial charge in [-0.1, -0.05) is 48.4 Å². The fourth-order valence-corrected chi connectivity index (χ4v) is 7.40. The van der Waals surface area contributed by atoms with Gasteiger partial charge in [-0.25, -0.2) is 0 Å². The minimum Gasteiger partial charge on any atom is -0.368 e. The van der Waals surface area contributed by atoms with Gasteiger partial charge in [0.25, 0.3) is 5.56 Å². The molecule has 3 aliphatic heterocycles. The summed E-state index contributed by atoms with van der Waals surface area (Å²) in [5, 5.41) is 1.48. The number of rotatable bonds is 5. The number of carbonyl (C=O) groups is 2. The summed E-state index contributed by atoms with van der Waals surface area (Å²) < 4.78 is 0. The van der Waals surface area contributed by atoms with Crippen molar-refractivity contribution in [2.45, 2.75) is 50.5 Å². The Labute approximate surface area is 245 Å². The zero-order valence-corrected chi connectivity index (χ0v) is 24.2. The van der Waals surface area contributed by atoms with Crippen LogP contribution >= 0.6 is 11.6 Å². The van der Waals surface area contributed by atoms with Crippen molar-refractivity contribution < 1.29 is 9.59 Å². The lowest BCUT2D eigenvalue weighted by molar-refractivity contribution is -0.144. The van der Waals surface area contributed by atoms with Crippen LogP contribution in [0.5, 0.6) is 0 Å². The highest BCUT2D eigenvalue weighted by molar-refractivity contribution is 6.31. The van der Waals surface area contributed by atoms with Gasteiger partial charge in [-0.3, -0.25) is 19.3 Å². The van der Waals surface area contributed by atoms with E-state index >= 15 is 0 Å². The van der Waals surface area contributed by atoms with Crippen molar-refractivity contribution in [3.05, 3.63) is 63.9 Å². The molecule has 1 atom stereocenters. The maximum absolute atomic E-state index is 13.9. The van der Waals surface area contributed by atoms with Crippen LogP contribution in [0.4, 0.5) is 5.69 Å². The number of aromatic nitrogens is 1. The van der Waals surface area contributed by atoms with Crippen molar-refractivity contribution in [1.29, 1.82) is 0 Å². The normalized spacial score (nSPS) is 21.6. The minimum absolute atomic E-state index is 0.105. The first kappa shape index (κ1) is 27.8. The number of piperidine rings is 3. The first-order valence-electron chi connectivity index (χ1n) is 14.9. The first-order valence-corrected chi connectivity index (χ1v) is 15.2. The molecular formula is C32H38ClN5O3. The summed E-state index contributed by atoms with van der Waals surface area (Å²) in [6.45, 7) is 4.00. The Morgan fingerprint density at radius 1 is 0.927 bits per heavy atom. The quantitative estimate of drug-likeness (QED) is 0.469. The second-order valence-corrected chi connectivity index (χ2v) is 12.2. The fraction of sp³-hybridized carbons (Fsp3) is 0.469. The van der Waals surface area contributed by atoms with E-state index in [2.05, 4.69) is 14.8 Å². The molecule has 4 heterocycles. The third-order valence-corrected chi connectivity index (χ3v) is 9.66. The summed E-state index contributed by atoms with van der Waals surface area (Å²) in [6.07, 6.45) is 6.09. The van der Waals surface area contributed by atoms with Gasteiger partial charge in [0.05, 0.1) is 5.92 Å². The van der Waals surface area contributed by atoms with Gasteiger partial charge >= 0.3 is 0 Å². The zero-order chi connectivity index (χ0) is 28.6. The molecule has 3 N–H and O–H groups in total. The van der Waals surface area contributed by atoms with Crippen LogP contribution in [0.1, 0.15) is 44.9 Å². The van der Waals surface area contributed by atoms with Gasteiger partial charge in [0.15, 0.2) is 0 Å². The molecule has 2 aromatic carbocycles. The third kappa shape index (κ3) is 5.24. The van der Waals surface area contributed by atoms with Crippen LogP contribution in [-0.4, -0.2) is 71.4 Å². The van der Waals surface area contributed by atoms with E-state index in [1.807, 2.05) is 47.4 Å². The third-order valence-electron chi connectivity index (χ3n) is 9.42. The van der Waals surface area contributed by atoms with E-state index in [0.29, 0.717) is 49.7 Å². The van der Waals surface area contributed by atoms with Crippen molar-refractivity contribution in [3.63, 3.8) is 0 Å². The predicted octanol–water partition coefficient (Wildman–Crippen LogP) is 4.40. The summed E-state index contributed by atoms with van der Waals surface area (Å²) in [5.74, 6) is -0.384. The average Bonchev–Trinajstić information content (AvgIpc) is 3.01.